The number of methoxy groups -OCH3 is 1. The molecule has 0 unspecified atom stereocenters. The number of benzene rings is 3. The highest BCUT2D eigenvalue weighted by atomic mass is 19.1. The smallest absolute Gasteiger partial charge is 0.251 e. The number of fused-ring (bicyclic) bond motifs is 1. The number of aliphatic hydroxyl groups excluding tert-OH is 1. The summed E-state index contributed by atoms with van der Waals surface area (Å²) in [7, 11) is 3.62. The minimum absolute atomic E-state index is 0.300. The molecule has 0 saturated carbocycles. The summed E-state index contributed by atoms with van der Waals surface area (Å²) >= 11 is 0. The van der Waals surface area contributed by atoms with E-state index in [0.29, 0.717) is 29.7 Å². The zero-order valence-electron chi connectivity index (χ0n) is 20.2. The van der Waals surface area contributed by atoms with Gasteiger partial charge in [0.15, 0.2) is 0 Å². The van der Waals surface area contributed by atoms with Crippen molar-refractivity contribution in [2.45, 2.75) is 25.5 Å². The fraction of sp³-hybridized carbons (Fsp3) is 0.286. The van der Waals surface area contributed by atoms with Gasteiger partial charge in [0.05, 0.1) is 24.4 Å². The molecule has 2 atom stereocenters. The van der Waals surface area contributed by atoms with Crippen molar-refractivity contribution in [1.29, 1.82) is 0 Å². The van der Waals surface area contributed by atoms with E-state index in [1.54, 1.807) is 49.6 Å². The summed E-state index contributed by atoms with van der Waals surface area (Å²) in [5.74, 6) is 0.233. The van der Waals surface area contributed by atoms with Crippen LogP contribution in [0.15, 0.2) is 71.7 Å². The number of carbonyl (C=O) groups excluding carboxylic acids is 1. The SMILES string of the molecule is COCCN(C)C(C)=Nc1ccc2c(c1)[C@@H](NC(=O)c1ccc(-c3ccccc3F)cc1)[C@H](O)C2. The van der Waals surface area contributed by atoms with E-state index in [0.717, 1.165) is 29.2 Å². The van der Waals surface area contributed by atoms with Gasteiger partial charge in [-0.3, -0.25) is 4.79 Å². The van der Waals surface area contributed by atoms with Crippen molar-refractivity contribution in [1.82, 2.24) is 10.2 Å². The number of amidine groups is 1. The number of nitrogens with zero attached hydrogens (tertiary/aromatic N) is 2. The highest BCUT2D eigenvalue weighted by molar-refractivity contribution is 5.95. The average molecular weight is 476 g/mol. The van der Waals surface area contributed by atoms with Crippen LogP contribution < -0.4 is 5.32 Å². The molecule has 0 heterocycles. The Labute approximate surface area is 205 Å². The maximum absolute atomic E-state index is 14.1. The number of nitrogens with one attached hydrogen (secondary N) is 1. The largest absolute Gasteiger partial charge is 0.390 e. The standard InChI is InChI=1S/C28H30FN3O3/c1-18(32(2)14-15-35-3)30-22-13-12-21-16-26(33)27(24(21)17-22)31-28(34)20-10-8-19(9-11-20)23-6-4-5-7-25(23)29/h4-13,17,26-27,33H,14-16H2,1-3H3,(H,31,34)/t26-,27-/m1/s1. The third kappa shape index (κ3) is 5.58. The highest BCUT2D eigenvalue weighted by Gasteiger charge is 2.32. The topological polar surface area (TPSA) is 74.2 Å². The van der Waals surface area contributed by atoms with Crippen molar-refractivity contribution in [3.05, 3.63) is 89.2 Å². The Kier molecular flexibility index (Phi) is 7.58. The number of carbonyl (C=O) groups is 1. The van der Waals surface area contributed by atoms with Crippen molar-refractivity contribution < 1.29 is 19.0 Å². The molecule has 2 N–H and O–H groups in total. The lowest BCUT2D eigenvalue weighted by Gasteiger charge is -2.19. The molecule has 0 spiro atoms. The first kappa shape index (κ1) is 24.6. The molecular formula is C28H30FN3O3. The first-order chi connectivity index (χ1) is 16.9. The number of likely N-dealkylation sites (N-methyl/N-ethyl adjacent to an activating group) is 1. The van der Waals surface area contributed by atoms with Crippen molar-refractivity contribution in [3.8, 4) is 11.1 Å². The van der Waals surface area contributed by atoms with Gasteiger partial charge < -0.3 is 20.1 Å². The summed E-state index contributed by atoms with van der Waals surface area (Å²) in [5, 5.41) is 13.6. The van der Waals surface area contributed by atoms with E-state index in [9.17, 15) is 14.3 Å². The molecular weight excluding hydrogens is 445 g/mol. The molecule has 0 bridgehead atoms. The summed E-state index contributed by atoms with van der Waals surface area (Å²) < 4.78 is 19.2. The lowest BCUT2D eigenvalue weighted by Crippen LogP contribution is -2.33. The first-order valence-electron chi connectivity index (χ1n) is 11.6. The number of hydrogen-bond donors (Lipinski definition) is 2. The predicted octanol–water partition coefficient (Wildman–Crippen LogP) is 4.51. The van der Waals surface area contributed by atoms with Crippen molar-refractivity contribution in [3.63, 3.8) is 0 Å². The molecule has 3 aromatic carbocycles. The Morgan fingerprint density at radius 1 is 1.17 bits per heavy atom. The Morgan fingerprint density at radius 2 is 1.91 bits per heavy atom. The maximum atomic E-state index is 14.1. The Bertz CT molecular complexity index is 1230. The molecule has 0 aliphatic heterocycles. The Hall–Kier alpha value is -3.55. The zero-order valence-corrected chi connectivity index (χ0v) is 20.2. The number of rotatable bonds is 7. The van der Waals surface area contributed by atoms with Crippen molar-refractivity contribution in [2.75, 3.05) is 27.3 Å². The summed E-state index contributed by atoms with van der Waals surface area (Å²) in [4.78, 5) is 19.7. The monoisotopic (exact) mass is 475 g/mol. The van der Waals surface area contributed by atoms with E-state index in [1.165, 1.54) is 6.07 Å². The van der Waals surface area contributed by atoms with Crippen LogP contribution in [-0.4, -0.2) is 55.2 Å². The van der Waals surface area contributed by atoms with Gasteiger partial charge in [0, 0.05) is 38.2 Å². The van der Waals surface area contributed by atoms with Gasteiger partial charge in [-0.25, -0.2) is 9.38 Å². The Balaban J connectivity index is 1.50. The third-order valence-corrected chi connectivity index (χ3v) is 6.37. The van der Waals surface area contributed by atoms with Gasteiger partial charge >= 0.3 is 0 Å². The van der Waals surface area contributed by atoms with Crippen LogP contribution in [0.25, 0.3) is 11.1 Å². The van der Waals surface area contributed by atoms with Gasteiger partial charge in [-0.15, -0.1) is 0 Å². The molecule has 6 nitrogen and oxygen atoms in total. The van der Waals surface area contributed by atoms with Crippen LogP contribution in [0.5, 0.6) is 0 Å². The van der Waals surface area contributed by atoms with Gasteiger partial charge in [-0.1, -0.05) is 36.4 Å². The number of hydrogen-bond acceptors (Lipinski definition) is 4. The minimum Gasteiger partial charge on any atom is -0.390 e. The van der Waals surface area contributed by atoms with Crippen LogP contribution in [-0.2, 0) is 11.2 Å². The summed E-state index contributed by atoms with van der Waals surface area (Å²) in [6.45, 7) is 3.26. The van der Waals surface area contributed by atoms with Crippen LogP contribution >= 0.6 is 0 Å². The molecule has 0 saturated heterocycles. The van der Waals surface area contributed by atoms with Gasteiger partial charge in [0.2, 0.25) is 0 Å². The van der Waals surface area contributed by atoms with Crippen LogP contribution in [0, 0.1) is 5.82 Å². The lowest BCUT2D eigenvalue weighted by molar-refractivity contribution is 0.0858. The second kappa shape index (κ2) is 10.8. The van der Waals surface area contributed by atoms with Crippen LogP contribution in [0.4, 0.5) is 10.1 Å². The van der Waals surface area contributed by atoms with E-state index in [2.05, 4.69) is 5.32 Å². The van der Waals surface area contributed by atoms with Crippen molar-refractivity contribution in [2.24, 2.45) is 4.99 Å². The number of aliphatic imine (C=N–C) groups is 1. The molecule has 1 aliphatic rings. The molecule has 0 aromatic heterocycles. The second-order valence-corrected chi connectivity index (χ2v) is 8.74. The zero-order chi connectivity index (χ0) is 24.9. The summed E-state index contributed by atoms with van der Waals surface area (Å²) in [5.41, 5.74) is 4.23. The minimum atomic E-state index is -0.726. The second-order valence-electron chi connectivity index (χ2n) is 8.74. The van der Waals surface area contributed by atoms with E-state index in [1.807, 2.05) is 37.1 Å². The quantitative estimate of drug-likeness (QED) is 0.390. The molecule has 7 heteroatoms. The van der Waals surface area contributed by atoms with Crippen LogP contribution in [0.1, 0.15) is 34.5 Å². The summed E-state index contributed by atoms with van der Waals surface area (Å²) in [6.07, 6.45) is -0.264. The Morgan fingerprint density at radius 3 is 2.63 bits per heavy atom. The van der Waals surface area contributed by atoms with Crippen LogP contribution in [0.2, 0.25) is 0 Å². The highest BCUT2D eigenvalue weighted by Crippen LogP contribution is 2.34. The molecule has 3 aromatic rings. The fourth-order valence-corrected chi connectivity index (χ4v) is 4.23. The van der Waals surface area contributed by atoms with Gasteiger partial charge in [-0.2, -0.15) is 0 Å². The number of aliphatic hydroxyl groups is 1. The first-order valence-corrected chi connectivity index (χ1v) is 11.6. The number of amides is 1. The van der Waals surface area contributed by atoms with E-state index >= 15 is 0 Å². The number of halogens is 1. The number of ether oxygens (including phenoxy) is 1. The van der Waals surface area contributed by atoms with Crippen LogP contribution in [0.3, 0.4) is 0 Å². The predicted molar refractivity (Wildman–Crippen MR) is 135 cm³/mol. The maximum Gasteiger partial charge on any atom is 0.251 e. The molecule has 35 heavy (non-hydrogen) atoms. The van der Waals surface area contributed by atoms with Gasteiger partial charge in [0.1, 0.15) is 11.7 Å². The van der Waals surface area contributed by atoms with E-state index < -0.39 is 12.1 Å². The van der Waals surface area contributed by atoms with Gasteiger partial charge in [-0.05, 0) is 53.9 Å². The third-order valence-electron chi connectivity index (χ3n) is 6.37. The molecule has 1 amide bonds. The lowest BCUT2D eigenvalue weighted by atomic mass is 10.0. The molecule has 0 radical (unpaired) electrons. The molecule has 0 fully saturated rings. The molecule has 1 aliphatic carbocycles. The van der Waals surface area contributed by atoms with Crippen molar-refractivity contribution >= 4 is 17.4 Å². The van der Waals surface area contributed by atoms with E-state index in [-0.39, 0.29) is 11.7 Å². The summed E-state index contributed by atoms with van der Waals surface area (Å²) in [6, 6.07) is 18.6. The molecule has 4 rings (SSSR count). The fourth-order valence-electron chi connectivity index (χ4n) is 4.23. The van der Waals surface area contributed by atoms with E-state index in [4.69, 9.17) is 9.73 Å². The molecule has 182 valence electrons. The normalized spacial score (nSPS) is 17.2. The average Bonchev–Trinajstić information content (AvgIpc) is 3.17. The van der Waals surface area contributed by atoms with Gasteiger partial charge in [0.25, 0.3) is 5.91 Å².